The Morgan fingerprint density at radius 3 is 2.55 bits per heavy atom. The molecule has 4 rings (SSSR count). The minimum absolute atomic E-state index is 0.0165. The summed E-state index contributed by atoms with van der Waals surface area (Å²) in [5, 5.41) is 3.86. The summed E-state index contributed by atoms with van der Waals surface area (Å²) in [5.41, 5.74) is 2.22. The van der Waals surface area contributed by atoms with E-state index in [1.165, 1.54) is 0 Å². The summed E-state index contributed by atoms with van der Waals surface area (Å²) >= 11 is 1.58. The highest BCUT2D eigenvalue weighted by atomic mass is 32.1. The van der Waals surface area contributed by atoms with Crippen LogP contribution in [0.4, 0.5) is 0 Å². The van der Waals surface area contributed by atoms with Gasteiger partial charge in [0.25, 0.3) is 5.91 Å². The summed E-state index contributed by atoms with van der Waals surface area (Å²) < 4.78 is 11.2. The third-order valence-electron chi connectivity index (χ3n) is 4.60. The first-order valence-corrected chi connectivity index (χ1v) is 10.2. The topological polar surface area (TPSA) is 86.2 Å². The van der Waals surface area contributed by atoms with Crippen molar-refractivity contribution in [2.45, 2.75) is 32.9 Å². The summed E-state index contributed by atoms with van der Waals surface area (Å²) in [5.74, 6) is 1.14. The second kappa shape index (κ2) is 8.26. The Kier molecular flexibility index (Phi) is 5.55. The fraction of sp³-hybridized carbons (Fsp3) is 0.333. The molecule has 8 heteroatoms. The number of rotatable bonds is 6. The number of hydrogen-bond acceptors (Lipinski definition) is 7. The summed E-state index contributed by atoms with van der Waals surface area (Å²) in [6.45, 7) is 6.86. The number of ether oxygens (including phenoxy) is 2. The third-order valence-corrected chi connectivity index (χ3v) is 5.56. The van der Waals surface area contributed by atoms with E-state index in [0.29, 0.717) is 30.4 Å². The van der Waals surface area contributed by atoms with Crippen molar-refractivity contribution in [1.82, 2.24) is 20.3 Å². The van der Waals surface area contributed by atoms with Crippen molar-refractivity contribution >= 4 is 17.2 Å². The van der Waals surface area contributed by atoms with E-state index in [1.54, 1.807) is 29.8 Å². The number of nitrogens with one attached hydrogen (secondary N) is 1. The number of nitrogens with zero attached hydrogens (tertiary/aromatic N) is 3. The molecule has 0 unspecified atom stereocenters. The van der Waals surface area contributed by atoms with E-state index in [1.807, 2.05) is 39.1 Å². The lowest BCUT2D eigenvalue weighted by atomic mass is 10.1. The SMILES string of the molecule is Cc1ncc([C@@H](C)NC(=O)c2cc(OC3COC3)cc(-c3ncc(C)s3)c2)cn1. The molecule has 1 saturated heterocycles. The number of carbonyl (C=O) groups excluding carboxylic acids is 1. The predicted octanol–water partition coefficient (Wildman–Crippen LogP) is 3.49. The maximum atomic E-state index is 13.0. The zero-order valence-corrected chi connectivity index (χ0v) is 17.3. The van der Waals surface area contributed by atoms with Gasteiger partial charge in [-0.25, -0.2) is 15.0 Å². The standard InChI is InChI=1S/C21H22N4O3S/c1-12-7-24-21(29-12)16-4-15(5-18(6-16)28-19-10-27-11-19)20(26)25-13(2)17-8-22-14(3)23-9-17/h4-9,13,19H,10-11H2,1-3H3,(H,25,26)/t13-/m1/s1. The normalized spacial score (nSPS) is 14.9. The van der Waals surface area contributed by atoms with Crippen LogP contribution in [-0.2, 0) is 4.74 Å². The van der Waals surface area contributed by atoms with E-state index in [0.717, 1.165) is 21.0 Å². The van der Waals surface area contributed by atoms with Crippen molar-refractivity contribution in [3.8, 4) is 16.3 Å². The first kappa shape index (κ1) is 19.5. The van der Waals surface area contributed by atoms with Crippen molar-refractivity contribution < 1.29 is 14.3 Å². The maximum Gasteiger partial charge on any atom is 0.251 e. The lowest BCUT2D eigenvalue weighted by Crippen LogP contribution is -2.38. The zero-order chi connectivity index (χ0) is 20.4. The van der Waals surface area contributed by atoms with Gasteiger partial charge < -0.3 is 14.8 Å². The fourth-order valence-corrected chi connectivity index (χ4v) is 3.63. The Morgan fingerprint density at radius 1 is 1.17 bits per heavy atom. The molecule has 7 nitrogen and oxygen atoms in total. The number of aromatic nitrogens is 3. The van der Waals surface area contributed by atoms with Crippen LogP contribution < -0.4 is 10.1 Å². The van der Waals surface area contributed by atoms with Gasteiger partial charge in [0.2, 0.25) is 0 Å². The quantitative estimate of drug-likeness (QED) is 0.670. The van der Waals surface area contributed by atoms with Crippen LogP contribution in [0.25, 0.3) is 10.6 Å². The van der Waals surface area contributed by atoms with Crippen LogP contribution in [0.2, 0.25) is 0 Å². The van der Waals surface area contributed by atoms with Crippen molar-refractivity contribution in [2.24, 2.45) is 0 Å². The molecule has 0 spiro atoms. The van der Waals surface area contributed by atoms with Crippen LogP contribution in [-0.4, -0.2) is 40.2 Å². The van der Waals surface area contributed by atoms with Crippen LogP contribution in [0.5, 0.6) is 5.75 Å². The summed E-state index contributed by atoms with van der Waals surface area (Å²) in [6.07, 6.45) is 5.30. The average Bonchev–Trinajstić information content (AvgIpc) is 3.11. The molecule has 0 saturated carbocycles. The minimum Gasteiger partial charge on any atom is -0.486 e. The summed E-state index contributed by atoms with van der Waals surface area (Å²) in [7, 11) is 0. The first-order valence-electron chi connectivity index (χ1n) is 9.39. The van der Waals surface area contributed by atoms with Crippen LogP contribution in [0.15, 0.2) is 36.8 Å². The van der Waals surface area contributed by atoms with Gasteiger partial charge in [0.05, 0.1) is 19.3 Å². The Balaban J connectivity index is 1.59. The molecule has 1 fully saturated rings. The number of benzene rings is 1. The van der Waals surface area contributed by atoms with E-state index >= 15 is 0 Å². The highest BCUT2D eigenvalue weighted by molar-refractivity contribution is 7.14. The molecule has 3 aromatic rings. The van der Waals surface area contributed by atoms with Gasteiger partial charge in [0.15, 0.2) is 0 Å². The Hall–Kier alpha value is -2.84. The molecule has 1 aromatic carbocycles. The van der Waals surface area contributed by atoms with Crippen LogP contribution in [0, 0.1) is 13.8 Å². The van der Waals surface area contributed by atoms with Crippen LogP contribution in [0.3, 0.4) is 0 Å². The van der Waals surface area contributed by atoms with Crippen molar-refractivity contribution in [2.75, 3.05) is 13.2 Å². The second-order valence-electron chi connectivity index (χ2n) is 7.06. The number of carbonyl (C=O) groups is 1. The van der Waals surface area contributed by atoms with Gasteiger partial charge in [-0.2, -0.15) is 0 Å². The zero-order valence-electron chi connectivity index (χ0n) is 16.5. The Bertz CT molecular complexity index is 1020. The van der Waals surface area contributed by atoms with Crippen LogP contribution >= 0.6 is 11.3 Å². The van der Waals surface area contributed by atoms with Crippen molar-refractivity contribution in [3.05, 3.63) is 58.6 Å². The highest BCUT2D eigenvalue weighted by Crippen LogP contribution is 2.30. The largest absolute Gasteiger partial charge is 0.486 e. The van der Waals surface area contributed by atoms with E-state index in [2.05, 4.69) is 20.3 Å². The number of thiazole rings is 1. The maximum absolute atomic E-state index is 13.0. The molecule has 0 radical (unpaired) electrons. The summed E-state index contributed by atoms with van der Waals surface area (Å²) in [4.78, 5) is 26.9. The molecule has 150 valence electrons. The Labute approximate surface area is 173 Å². The highest BCUT2D eigenvalue weighted by Gasteiger charge is 2.22. The summed E-state index contributed by atoms with van der Waals surface area (Å²) in [6, 6.07) is 5.30. The molecule has 3 heterocycles. The molecule has 0 aliphatic carbocycles. The molecule has 0 bridgehead atoms. The molecule has 1 atom stereocenters. The molecule has 29 heavy (non-hydrogen) atoms. The van der Waals surface area contributed by atoms with Crippen molar-refractivity contribution in [3.63, 3.8) is 0 Å². The molecule has 2 aromatic heterocycles. The molecular formula is C21H22N4O3S. The van der Waals surface area contributed by atoms with Crippen LogP contribution in [0.1, 0.15) is 39.6 Å². The fourth-order valence-electron chi connectivity index (χ4n) is 2.87. The Morgan fingerprint density at radius 2 is 1.93 bits per heavy atom. The molecular weight excluding hydrogens is 388 g/mol. The smallest absolute Gasteiger partial charge is 0.251 e. The van der Waals surface area contributed by atoms with Crippen molar-refractivity contribution in [1.29, 1.82) is 0 Å². The lowest BCUT2D eigenvalue weighted by Gasteiger charge is -2.27. The molecule has 1 N–H and O–H groups in total. The predicted molar refractivity (Wildman–Crippen MR) is 110 cm³/mol. The van der Waals surface area contributed by atoms with E-state index in [4.69, 9.17) is 9.47 Å². The van der Waals surface area contributed by atoms with E-state index < -0.39 is 0 Å². The van der Waals surface area contributed by atoms with Gasteiger partial charge in [-0.05, 0) is 39.0 Å². The first-order chi connectivity index (χ1) is 14.0. The monoisotopic (exact) mass is 410 g/mol. The van der Waals surface area contributed by atoms with Gasteiger partial charge in [-0.15, -0.1) is 11.3 Å². The van der Waals surface area contributed by atoms with Gasteiger partial charge in [-0.3, -0.25) is 4.79 Å². The van der Waals surface area contributed by atoms with Gasteiger partial charge in [0, 0.05) is 40.2 Å². The second-order valence-corrected chi connectivity index (χ2v) is 8.29. The number of aryl methyl sites for hydroxylation is 2. The van der Waals surface area contributed by atoms with E-state index in [-0.39, 0.29) is 18.1 Å². The number of amides is 1. The van der Waals surface area contributed by atoms with Gasteiger partial charge in [-0.1, -0.05) is 0 Å². The van der Waals surface area contributed by atoms with Gasteiger partial charge >= 0.3 is 0 Å². The lowest BCUT2D eigenvalue weighted by molar-refractivity contribution is -0.0796. The molecule has 1 amide bonds. The number of hydrogen-bond donors (Lipinski definition) is 1. The third kappa shape index (κ3) is 4.60. The van der Waals surface area contributed by atoms with Gasteiger partial charge in [0.1, 0.15) is 22.7 Å². The minimum atomic E-state index is -0.224. The molecule has 1 aliphatic rings. The van der Waals surface area contributed by atoms with E-state index in [9.17, 15) is 4.79 Å². The average molecular weight is 410 g/mol. The molecule has 1 aliphatic heterocycles.